The van der Waals surface area contributed by atoms with E-state index < -0.39 is 0 Å². The van der Waals surface area contributed by atoms with Crippen LogP contribution in [-0.2, 0) is 4.79 Å². The van der Waals surface area contributed by atoms with E-state index >= 15 is 0 Å². The molecule has 36 heavy (non-hydrogen) atoms. The number of aromatic nitrogens is 2. The smallest absolute Gasteiger partial charge is 0.236 e. The van der Waals surface area contributed by atoms with E-state index in [-0.39, 0.29) is 6.04 Å². The molecule has 194 valence electrons. The Bertz CT molecular complexity index is 1090. The molecule has 3 fully saturated rings. The van der Waals surface area contributed by atoms with Crippen LogP contribution in [0.3, 0.4) is 0 Å². The molecule has 0 saturated carbocycles. The normalized spacial score (nSPS) is 21.9. The van der Waals surface area contributed by atoms with Crippen LogP contribution in [0.1, 0.15) is 44.2 Å². The number of hydrogen-bond donors (Lipinski definition) is 1. The summed E-state index contributed by atoms with van der Waals surface area (Å²) in [6.07, 6.45) is 6.32. The van der Waals surface area contributed by atoms with Crippen molar-refractivity contribution in [1.82, 2.24) is 19.8 Å². The Morgan fingerprint density at radius 3 is 2.58 bits per heavy atom. The molecular weight excluding hydrogens is 519 g/mol. The highest BCUT2D eigenvalue weighted by molar-refractivity contribution is 6.35. The number of anilines is 2. The van der Waals surface area contributed by atoms with E-state index in [1.165, 1.54) is 6.42 Å². The molecule has 10 heteroatoms. The maximum absolute atomic E-state index is 12.6. The van der Waals surface area contributed by atoms with E-state index in [2.05, 4.69) is 20.1 Å². The molecule has 0 unspecified atom stereocenters. The van der Waals surface area contributed by atoms with Crippen molar-refractivity contribution in [1.29, 1.82) is 0 Å². The van der Waals surface area contributed by atoms with Gasteiger partial charge in [-0.1, -0.05) is 40.9 Å². The number of rotatable bonds is 7. The third-order valence-corrected chi connectivity index (χ3v) is 8.57. The maximum atomic E-state index is 12.6. The van der Waals surface area contributed by atoms with Crippen LogP contribution in [0.2, 0.25) is 15.1 Å². The first kappa shape index (κ1) is 25.8. The van der Waals surface area contributed by atoms with Crippen LogP contribution in [0.5, 0.6) is 0 Å². The quantitative estimate of drug-likeness (QED) is 0.498. The second kappa shape index (κ2) is 11.3. The molecule has 0 bridgehead atoms. The van der Waals surface area contributed by atoms with E-state index in [1.54, 1.807) is 12.3 Å². The van der Waals surface area contributed by atoms with Gasteiger partial charge < -0.3 is 15.1 Å². The van der Waals surface area contributed by atoms with Gasteiger partial charge in [0.05, 0.1) is 18.8 Å². The van der Waals surface area contributed by atoms with E-state index in [0.29, 0.717) is 51.1 Å². The first-order valence-electron chi connectivity index (χ1n) is 12.9. The van der Waals surface area contributed by atoms with Gasteiger partial charge >= 0.3 is 0 Å². The van der Waals surface area contributed by atoms with Gasteiger partial charge in [-0.15, -0.1) is 0 Å². The van der Waals surface area contributed by atoms with Crippen molar-refractivity contribution in [3.63, 3.8) is 0 Å². The molecule has 1 aromatic heterocycles. The largest absolute Gasteiger partial charge is 0.362 e. The summed E-state index contributed by atoms with van der Waals surface area (Å²) in [4.78, 5) is 28.4. The highest BCUT2D eigenvalue weighted by Gasteiger charge is 2.37. The zero-order chi connectivity index (χ0) is 25.2. The molecule has 4 heterocycles. The second-order valence-electron chi connectivity index (χ2n) is 10.3. The summed E-state index contributed by atoms with van der Waals surface area (Å²) in [5.74, 6) is 2.78. The van der Waals surface area contributed by atoms with Crippen LogP contribution in [-0.4, -0.2) is 71.5 Å². The first-order valence-corrected chi connectivity index (χ1v) is 14.0. The lowest BCUT2D eigenvalue weighted by molar-refractivity contribution is -0.131. The molecule has 1 N–H and O–H groups in total. The lowest BCUT2D eigenvalue weighted by Crippen LogP contribution is -2.54. The van der Waals surface area contributed by atoms with Crippen LogP contribution in [0.4, 0.5) is 11.8 Å². The third kappa shape index (κ3) is 5.85. The van der Waals surface area contributed by atoms with Crippen molar-refractivity contribution in [3.05, 3.63) is 45.0 Å². The van der Waals surface area contributed by atoms with Crippen molar-refractivity contribution < 1.29 is 4.79 Å². The molecule has 5 rings (SSSR count). The second-order valence-corrected chi connectivity index (χ2v) is 11.5. The van der Waals surface area contributed by atoms with Crippen LogP contribution in [0.25, 0.3) is 0 Å². The van der Waals surface area contributed by atoms with Gasteiger partial charge in [0.2, 0.25) is 11.9 Å². The van der Waals surface area contributed by atoms with Crippen LogP contribution in [0, 0.1) is 11.8 Å². The Hall–Kier alpha value is -1.80. The molecule has 1 amide bonds. The number of likely N-dealkylation sites (tertiary alicyclic amines) is 2. The summed E-state index contributed by atoms with van der Waals surface area (Å²) < 4.78 is 0. The lowest BCUT2D eigenvalue weighted by Gasteiger charge is -2.46. The van der Waals surface area contributed by atoms with Crippen molar-refractivity contribution in [2.24, 2.45) is 11.8 Å². The highest BCUT2D eigenvalue weighted by atomic mass is 35.5. The van der Waals surface area contributed by atoms with Gasteiger partial charge in [-0.05, 0) is 68.7 Å². The van der Waals surface area contributed by atoms with Crippen molar-refractivity contribution in [2.75, 3.05) is 56.0 Å². The fraction of sp³-hybridized carbons (Fsp3) is 0.577. The number of halogens is 3. The van der Waals surface area contributed by atoms with Crippen molar-refractivity contribution in [2.45, 2.75) is 38.6 Å². The van der Waals surface area contributed by atoms with E-state index in [4.69, 9.17) is 39.8 Å². The Balaban J connectivity index is 1.16. The maximum Gasteiger partial charge on any atom is 0.236 e. The minimum absolute atomic E-state index is 0.101. The van der Waals surface area contributed by atoms with Gasteiger partial charge in [-0.3, -0.25) is 9.69 Å². The average molecular weight is 552 g/mol. The molecule has 0 aliphatic carbocycles. The minimum atomic E-state index is -0.101. The van der Waals surface area contributed by atoms with Gasteiger partial charge in [0, 0.05) is 42.8 Å². The topological polar surface area (TPSA) is 64.6 Å². The predicted octanol–water partition coefficient (Wildman–Crippen LogP) is 5.38. The molecule has 7 nitrogen and oxygen atoms in total. The predicted molar refractivity (Wildman–Crippen MR) is 146 cm³/mol. The van der Waals surface area contributed by atoms with Crippen LogP contribution < -0.4 is 10.2 Å². The zero-order valence-corrected chi connectivity index (χ0v) is 22.9. The van der Waals surface area contributed by atoms with Crippen LogP contribution in [0.15, 0.2) is 24.4 Å². The SMILES string of the molecule is C[C@@H](Nc1nc(N2CC([C@H]3CCCN(CC(=O)N4CCCC4)C3)C2)ncc1Cl)c1ccc(Cl)cc1Cl. The summed E-state index contributed by atoms with van der Waals surface area (Å²) in [6.45, 7) is 8.32. The zero-order valence-electron chi connectivity index (χ0n) is 20.6. The molecule has 2 aromatic rings. The Morgan fingerprint density at radius 1 is 1.06 bits per heavy atom. The number of carbonyl (C=O) groups is 1. The molecule has 0 radical (unpaired) electrons. The molecular formula is C26H33Cl3N6O. The summed E-state index contributed by atoms with van der Waals surface area (Å²) >= 11 is 18.8. The van der Waals surface area contributed by atoms with Gasteiger partial charge in [0.25, 0.3) is 0 Å². The average Bonchev–Trinajstić information content (AvgIpc) is 3.36. The molecule has 1 aromatic carbocycles. The van der Waals surface area contributed by atoms with Crippen LogP contribution >= 0.6 is 34.8 Å². The van der Waals surface area contributed by atoms with Crippen molar-refractivity contribution in [3.8, 4) is 0 Å². The molecule has 3 saturated heterocycles. The number of piperidine rings is 1. The lowest BCUT2D eigenvalue weighted by atomic mass is 9.80. The Morgan fingerprint density at radius 2 is 1.83 bits per heavy atom. The number of nitrogens with one attached hydrogen (secondary N) is 1. The van der Waals surface area contributed by atoms with Gasteiger partial charge in [0.1, 0.15) is 5.02 Å². The Kier molecular flexibility index (Phi) is 8.11. The van der Waals surface area contributed by atoms with E-state index in [1.807, 2.05) is 24.0 Å². The molecule has 3 aliphatic heterocycles. The van der Waals surface area contributed by atoms with Crippen molar-refractivity contribution >= 4 is 52.5 Å². The summed E-state index contributed by atoms with van der Waals surface area (Å²) in [5, 5.41) is 5.04. The fourth-order valence-corrected chi connectivity index (χ4v) is 6.32. The molecule has 3 aliphatic rings. The number of benzene rings is 1. The Labute approximate surface area is 228 Å². The summed E-state index contributed by atoms with van der Waals surface area (Å²) in [6, 6.07) is 5.36. The van der Waals surface area contributed by atoms with Gasteiger partial charge in [-0.25, -0.2) is 4.98 Å². The number of carbonyl (C=O) groups excluding carboxylic acids is 1. The van der Waals surface area contributed by atoms with Gasteiger partial charge in [-0.2, -0.15) is 4.98 Å². The molecule has 2 atom stereocenters. The van der Waals surface area contributed by atoms with Gasteiger partial charge in [0.15, 0.2) is 5.82 Å². The summed E-state index contributed by atoms with van der Waals surface area (Å²) in [5.41, 5.74) is 0.923. The fourth-order valence-electron chi connectivity index (χ4n) is 5.60. The monoisotopic (exact) mass is 550 g/mol. The first-order chi connectivity index (χ1) is 17.4. The summed E-state index contributed by atoms with van der Waals surface area (Å²) in [7, 11) is 0. The highest BCUT2D eigenvalue weighted by Crippen LogP contribution is 2.35. The third-order valence-electron chi connectivity index (χ3n) is 7.73. The van der Waals surface area contributed by atoms with E-state index in [9.17, 15) is 4.79 Å². The van der Waals surface area contributed by atoms with E-state index in [0.717, 1.165) is 64.1 Å². The number of hydrogen-bond acceptors (Lipinski definition) is 6. The number of amides is 1. The minimum Gasteiger partial charge on any atom is -0.362 e. The molecule has 0 spiro atoms. The standard InChI is InChI=1S/C26H33Cl3N6O/c1-17(21-7-6-20(27)11-22(21)28)31-25-23(29)12-30-26(32-25)35-14-19(15-35)18-5-4-8-33(13-18)16-24(36)34-9-2-3-10-34/h6-7,11-12,17-19H,2-5,8-10,13-16H2,1H3,(H,30,31,32)/t17-,18+/m1/s1. The number of nitrogens with zero attached hydrogens (tertiary/aromatic N) is 5.